The van der Waals surface area contributed by atoms with E-state index < -0.39 is 0 Å². The van der Waals surface area contributed by atoms with Gasteiger partial charge in [0.2, 0.25) is 5.91 Å². The quantitative estimate of drug-likeness (QED) is 0.762. The summed E-state index contributed by atoms with van der Waals surface area (Å²) in [6, 6.07) is 5.90. The molecule has 7 heteroatoms. The Hall–Kier alpha value is -2.96. The Morgan fingerprint density at radius 1 is 1.06 bits per heavy atom. The summed E-state index contributed by atoms with van der Waals surface area (Å²) in [6.07, 6.45) is 6.03. The van der Waals surface area contributed by atoms with E-state index in [4.69, 9.17) is 4.98 Å². The third-order valence-corrected chi connectivity index (χ3v) is 6.64. The van der Waals surface area contributed by atoms with Crippen LogP contribution in [0.25, 0.3) is 0 Å². The Labute approximate surface area is 183 Å². The lowest BCUT2D eigenvalue weighted by molar-refractivity contribution is -0.117. The number of aromatic nitrogens is 2. The number of piperazine rings is 1. The van der Waals surface area contributed by atoms with Crippen LogP contribution in [0.15, 0.2) is 24.4 Å². The van der Waals surface area contributed by atoms with Crippen molar-refractivity contribution < 1.29 is 9.59 Å². The van der Waals surface area contributed by atoms with E-state index in [0.717, 1.165) is 25.3 Å². The van der Waals surface area contributed by atoms with Crippen molar-refractivity contribution in [2.24, 2.45) is 0 Å². The van der Waals surface area contributed by atoms with Crippen LogP contribution in [0.2, 0.25) is 0 Å². The van der Waals surface area contributed by atoms with E-state index >= 15 is 0 Å². The number of anilines is 2. The number of pyridine rings is 2. The highest BCUT2D eigenvalue weighted by Crippen LogP contribution is 2.40. The summed E-state index contributed by atoms with van der Waals surface area (Å²) in [6.45, 7) is 7.56. The molecule has 7 nitrogen and oxygen atoms in total. The number of aryl methyl sites for hydroxylation is 2. The summed E-state index contributed by atoms with van der Waals surface area (Å²) < 4.78 is 0. The molecular weight excluding hydrogens is 390 g/mol. The molecule has 31 heavy (non-hydrogen) atoms. The molecule has 162 valence electrons. The number of carbonyl (C=O) groups excluding carboxylic acids is 2. The van der Waals surface area contributed by atoms with Gasteiger partial charge in [-0.25, -0.2) is 9.97 Å². The lowest BCUT2D eigenvalue weighted by Crippen LogP contribution is -2.49. The molecule has 0 bridgehead atoms. The minimum atomic E-state index is 0.0118. The summed E-state index contributed by atoms with van der Waals surface area (Å²) >= 11 is 0. The van der Waals surface area contributed by atoms with Gasteiger partial charge in [-0.3, -0.25) is 14.5 Å². The first-order chi connectivity index (χ1) is 15.0. The average molecular weight is 420 g/mol. The Kier molecular flexibility index (Phi) is 5.12. The van der Waals surface area contributed by atoms with Crippen LogP contribution in [0.3, 0.4) is 0 Å². The zero-order chi connectivity index (χ0) is 21.5. The summed E-state index contributed by atoms with van der Waals surface area (Å²) in [7, 11) is 0. The van der Waals surface area contributed by atoms with Crippen molar-refractivity contribution in [2.75, 3.05) is 42.5 Å². The van der Waals surface area contributed by atoms with E-state index in [2.05, 4.69) is 22.9 Å². The number of carbonyl (C=O) groups is 2. The predicted octanol–water partition coefficient (Wildman–Crippen LogP) is 3.06. The van der Waals surface area contributed by atoms with Crippen LogP contribution in [0.1, 0.15) is 58.8 Å². The fraction of sp³-hybridized carbons (Fsp3) is 0.500. The topological polar surface area (TPSA) is 69.6 Å². The van der Waals surface area contributed by atoms with E-state index in [0.29, 0.717) is 49.0 Å². The van der Waals surface area contributed by atoms with E-state index in [1.807, 2.05) is 24.1 Å². The van der Waals surface area contributed by atoms with Gasteiger partial charge in [-0.2, -0.15) is 0 Å². The molecule has 0 radical (unpaired) electrons. The highest BCUT2D eigenvalue weighted by Gasteiger charge is 2.28. The summed E-state index contributed by atoms with van der Waals surface area (Å²) in [4.78, 5) is 40.3. The molecule has 3 aliphatic rings. The van der Waals surface area contributed by atoms with Crippen LogP contribution >= 0.6 is 0 Å². The van der Waals surface area contributed by atoms with Gasteiger partial charge in [-0.05, 0) is 62.3 Å². The standard InChI is InChI=1S/C24H29N5O2/c1-16-14-19(18-5-6-18)15-25-23(16)27-10-12-28(13-11-27)24(31)20-7-8-21(26-17(20)2)29-9-3-4-22(29)30/h7-8,14-15,18H,3-6,9-13H2,1-2H3. The highest BCUT2D eigenvalue weighted by atomic mass is 16.2. The van der Waals surface area contributed by atoms with Gasteiger partial charge in [0.25, 0.3) is 5.91 Å². The molecule has 0 atom stereocenters. The van der Waals surface area contributed by atoms with Gasteiger partial charge < -0.3 is 9.80 Å². The van der Waals surface area contributed by atoms with Crippen LogP contribution in [0, 0.1) is 13.8 Å². The Balaban J connectivity index is 1.24. The van der Waals surface area contributed by atoms with Crippen molar-refractivity contribution in [3.8, 4) is 0 Å². The second kappa shape index (κ2) is 7.94. The van der Waals surface area contributed by atoms with Gasteiger partial charge in [0, 0.05) is 45.3 Å². The van der Waals surface area contributed by atoms with Gasteiger partial charge in [-0.15, -0.1) is 0 Å². The number of hydrogen-bond donors (Lipinski definition) is 0. The lowest BCUT2D eigenvalue weighted by atomic mass is 10.1. The average Bonchev–Trinajstić information content (AvgIpc) is 3.54. The molecule has 2 aromatic heterocycles. The molecule has 1 aliphatic carbocycles. The van der Waals surface area contributed by atoms with Crippen LogP contribution in [-0.4, -0.2) is 59.4 Å². The zero-order valence-corrected chi connectivity index (χ0v) is 18.3. The van der Waals surface area contributed by atoms with Crippen LogP contribution in [-0.2, 0) is 4.79 Å². The normalized spacial score (nSPS) is 19.3. The minimum absolute atomic E-state index is 0.0118. The van der Waals surface area contributed by atoms with Gasteiger partial charge in [0.1, 0.15) is 11.6 Å². The minimum Gasteiger partial charge on any atom is -0.353 e. The van der Waals surface area contributed by atoms with Crippen LogP contribution in [0.4, 0.5) is 11.6 Å². The third kappa shape index (κ3) is 3.89. The summed E-state index contributed by atoms with van der Waals surface area (Å²) in [5.41, 5.74) is 3.87. The first-order valence-electron chi connectivity index (χ1n) is 11.3. The van der Waals surface area contributed by atoms with Gasteiger partial charge in [0.05, 0.1) is 11.3 Å². The Bertz CT molecular complexity index is 1020. The molecule has 2 saturated heterocycles. The Morgan fingerprint density at radius 3 is 2.45 bits per heavy atom. The van der Waals surface area contributed by atoms with Crippen molar-refractivity contribution in [3.05, 3.63) is 46.8 Å². The molecule has 3 fully saturated rings. The highest BCUT2D eigenvalue weighted by molar-refractivity contribution is 5.97. The van der Waals surface area contributed by atoms with Gasteiger partial charge in [0.15, 0.2) is 0 Å². The first kappa shape index (κ1) is 20.0. The second-order valence-electron chi connectivity index (χ2n) is 8.91. The van der Waals surface area contributed by atoms with Crippen LogP contribution in [0.5, 0.6) is 0 Å². The third-order valence-electron chi connectivity index (χ3n) is 6.64. The largest absolute Gasteiger partial charge is 0.353 e. The SMILES string of the molecule is Cc1cc(C2CC2)cnc1N1CCN(C(=O)c2ccc(N3CCCC3=O)nc2C)CC1. The van der Waals surface area contributed by atoms with Crippen molar-refractivity contribution in [3.63, 3.8) is 0 Å². The molecule has 0 N–H and O–H groups in total. The lowest BCUT2D eigenvalue weighted by Gasteiger charge is -2.36. The van der Waals surface area contributed by atoms with E-state index in [9.17, 15) is 9.59 Å². The molecule has 2 amide bonds. The molecule has 0 aromatic carbocycles. The molecule has 1 saturated carbocycles. The molecule has 5 rings (SSSR count). The van der Waals surface area contributed by atoms with Crippen molar-refractivity contribution in [1.29, 1.82) is 0 Å². The molecule has 0 spiro atoms. The van der Waals surface area contributed by atoms with E-state index in [1.54, 1.807) is 11.0 Å². The molecular formula is C24H29N5O2. The first-order valence-corrected chi connectivity index (χ1v) is 11.3. The zero-order valence-electron chi connectivity index (χ0n) is 18.3. The molecule has 0 unspecified atom stereocenters. The maximum atomic E-state index is 13.1. The van der Waals surface area contributed by atoms with Crippen molar-refractivity contribution in [1.82, 2.24) is 14.9 Å². The summed E-state index contributed by atoms with van der Waals surface area (Å²) in [5.74, 6) is 2.52. The fourth-order valence-corrected chi connectivity index (χ4v) is 4.67. The summed E-state index contributed by atoms with van der Waals surface area (Å²) in [5, 5.41) is 0. The smallest absolute Gasteiger partial charge is 0.255 e. The number of hydrogen-bond acceptors (Lipinski definition) is 5. The monoisotopic (exact) mass is 419 g/mol. The van der Waals surface area contributed by atoms with Gasteiger partial charge >= 0.3 is 0 Å². The Morgan fingerprint density at radius 2 is 1.84 bits per heavy atom. The van der Waals surface area contributed by atoms with E-state index in [-0.39, 0.29) is 11.8 Å². The van der Waals surface area contributed by atoms with Crippen LogP contribution < -0.4 is 9.80 Å². The number of nitrogens with zero attached hydrogens (tertiary/aromatic N) is 5. The molecule has 4 heterocycles. The molecule has 2 aromatic rings. The predicted molar refractivity (Wildman–Crippen MR) is 120 cm³/mol. The number of rotatable bonds is 4. The van der Waals surface area contributed by atoms with Gasteiger partial charge in [-0.1, -0.05) is 6.07 Å². The maximum Gasteiger partial charge on any atom is 0.255 e. The van der Waals surface area contributed by atoms with Crippen molar-refractivity contribution >= 4 is 23.5 Å². The second-order valence-corrected chi connectivity index (χ2v) is 8.91. The molecule has 2 aliphatic heterocycles. The number of amides is 2. The van der Waals surface area contributed by atoms with E-state index in [1.165, 1.54) is 24.0 Å². The van der Waals surface area contributed by atoms with Crippen molar-refractivity contribution in [2.45, 2.75) is 45.4 Å². The fourth-order valence-electron chi connectivity index (χ4n) is 4.67. The maximum absolute atomic E-state index is 13.1.